The molecule has 5 rings (SSSR count). The van der Waals surface area contributed by atoms with Crippen molar-refractivity contribution in [3.8, 4) is 17.2 Å². The quantitative estimate of drug-likeness (QED) is 0.197. The smallest absolute Gasteiger partial charge is 0.335 e. The van der Waals surface area contributed by atoms with Gasteiger partial charge in [-0.15, -0.1) is 0 Å². The summed E-state index contributed by atoms with van der Waals surface area (Å²) in [7, 11) is 1.55. The molecule has 8 heteroatoms. The Morgan fingerprint density at radius 1 is 0.878 bits per heavy atom. The van der Waals surface area contributed by atoms with Gasteiger partial charge in [0, 0.05) is 17.2 Å². The summed E-state index contributed by atoms with van der Waals surface area (Å²) in [6.45, 7) is 4.84. The van der Waals surface area contributed by atoms with Crippen molar-refractivity contribution in [2.45, 2.75) is 26.9 Å². The van der Waals surface area contributed by atoms with Crippen LogP contribution in [0, 0.1) is 6.92 Å². The van der Waals surface area contributed by atoms with E-state index in [1.807, 2.05) is 32.0 Å². The number of fused-ring (bicyclic) bond motifs is 1. The number of benzene rings is 4. The third-order valence-corrected chi connectivity index (χ3v) is 6.84. The zero-order valence-corrected chi connectivity index (χ0v) is 23.1. The first-order valence-electron chi connectivity index (χ1n) is 13.3. The molecule has 0 aliphatic carbocycles. The summed E-state index contributed by atoms with van der Waals surface area (Å²) >= 11 is 0. The lowest BCUT2D eigenvalue weighted by Crippen LogP contribution is -2.54. The van der Waals surface area contributed by atoms with Crippen LogP contribution in [0.3, 0.4) is 0 Å². The molecule has 1 N–H and O–H groups in total. The average molecular weight is 551 g/mol. The topological polar surface area (TPSA) is 94.2 Å². The Morgan fingerprint density at radius 3 is 2.39 bits per heavy atom. The summed E-state index contributed by atoms with van der Waals surface area (Å²) in [4.78, 5) is 40.0. The van der Waals surface area contributed by atoms with Gasteiger partial charge in [0.05, 0.1) is 19.4 Å². The van der Waals surface area contributed by atoms with E-state index < -0.39 is 17.8 Å². The van der Waals surface area contributed by atoms with Crippen LogP contribution in [0.4, 0.5) is 10.5 Å². The first-order chi connectivity index (χ1) is 19.9. The van der Waals surface area contributed by atoms with Crippen LogP contribution < -0.4 is 24.4 Å². The van der Waals surface area contributed by atoms with Gasteiger partial charge in [-0.1, -0.05) is 43.3 Å². The number of barbiturate groups is 1. The van der Waals surface area contributed by atoms with Crippen LogP contribution in [0.25, 0.3) is 16.8 Å². The van der Waals surface area contributed by atoms with Crippen molar-refractivity contribution in [3.63, 3.8) is 0 Å². The Labute approximate surface area is 238 Å². The summed E-state index contributed by atoms with van der Waals surface area (Å²) in [5.74, 6) is 0.0660. The molecule has 0 bridgehead atoms. The molecule has 0 radical (unpaired) electrons. The minimum Gasteiger partial charge on any atom is -0.497 e. The highest BCUT2D eigenvalue weighted by Gasteiger charge is 2.37. The molecule has 8 nitrogen and oxygen atoms in total. The number of ether oxygens (including phenoxy) is 3. The van der Waals surface area contributed by atoms with Gasteiger partial charge in [-0.2, -0.15) is 0 Å². The third-order valence-electron chi connectivity index (χ3n) is 6.84. The van der Waals surface area contributed by atoms with Gasteiger partial charge in [0.15, 0.2) is 0 Å². The molecule has 1 saturated heterocycles. The van der Waals surface area contributed by atoms with Gasteiger partial charge >= 0.3 is 6.03 Å². The molecule has 4 aromatic carbocycles. The molecule has 1 heterocycles. The molecule has 0 saturated carbocycles. The lowest BCUT2D eigenvalue weighted by atomic mass is 10.0. The Morgan fingerprint density at radius 2 is 1.63 bits per heavy atom. The summed E-state index contributed by atoms with van der Waals surface area (Å²) < 4.78 is 17.3. The molecule has 0 unspecified atom stereocenters. The number of rotatable bonds is 9. The van der Waals surface area contributed by atoms with Crippen LogP contribution in [0.5, 0.6) is 17.2 Å². The lowest BCUT2D eigenvalue weighted by Gasteiger charge is -2.26. The molecule has 41 heavy (non-hydrogen) atoms. The fraction of sp³-hybridized carbons (Fsp3) is 0.182. The van der Waals surface area contributed by atoms with E-state index in [4.69, 9.17) is 14.2 Å². The van der Waals surface area contributed by atoms with E-state index in [0.29, 0.717) is 35.1 Å². The molecule has 0 atom stereocenters. The van der Waals surface area contributed by atoms with Crippen LogP contribution in [-0.4, -0.2) is 31.6 Å². The Hall–Kier alpha value is -5.11. The van der Waals surface area contributed by atoms with Crippen molar-refractivity contribution >= 4 is 40.4 Å². The molecule has 208 valence electrons. The van der Waals surface area contributed by atoms with Crippen molar-refractivity contribution in [1.82, 2.24) is 5.32 Å². The minimum atomic E-state index is -0.822. The molecular weight excluding hydrogens is 520 g/mol. The van der Waals surface area contributed by atoms with E-state index in [1.165, 1.54) is 6.08 Å². The van der Waals surface area contributed by atoms with Gasteiger partial charge < -0.3 is 14.2 Å². The number of anilines is 1. The number of nitrogens with zero attached hydrogens (tertiary/aromatic N) is 1. The largest absolute Gasteiger partial charge is 0.497 e. The van der Waals surface area contributed by atoms with E-state index in [0.717, 1.165) is 33.2 Å². The summed E-state index contributed by atoms with van der Waals surface area (Å²) in [6.07, 6.45) is 2.28. The summed E-state index contributed by atoms with van der Waals surface area (Å²) in [5, 5.41) is 4.45. The predicted octanol–water partition coefficient (Wildman–Crippen LogP) is 6.19. The first kappa shape index (κ1) is 27.5. The second-order valence-corrected chi connectivity index (χ2v) is 9.57. The summed E-state index contributed by atoms with van der Waals surface area (Å²) in [6, 6.07) is 23.1. The maximum atomic E-state index is 13.5. The van der Waals surface area contributed by atoms with Crippen molar-refractivity contribution in [2.75, 3.05) is 18.6 Å². The standard InChI is InChI=1S/C33H30N2O6/c1-4-17-40-25-15-12-24(13-16-25)35-32(37)28(31(36)34-33(35)38)18-23-11-14-26(39-3)19-30(23)41-20-29-21(2)9-10-22-7-5-6-8-27(22)29/h5-16,18-19H,4,17,20H2,1-3H3,(H,34,36,38)/b28-18-. The van der Waals surface area contributed by atoms with Gasteiger partial charge in [-0.05, 0) is 72.2 Å². The SMILES string of the molecule is CCCOc1ccc(N2C(=O)NC(=O)/C(=C/c3ccc(OC)cc3OCc3c(C)ccc4ccccc34)C2=O)cc1. The van der Waals surface area contributed by atoms with Crippen LogP contribution in [0.2, 0.25) is 0 Å². The fourth-order valence-electron chi connectivity index (χ4n) is 4.63. The van der Waals surface area contributed by atoms with Crippen molar-refractivity contribution in [2.24, 2.45) is 0 Å². The predicted molar refractivity (Wildman–Crippen MR) is 157 cm³/mol. The fourth-order valence-corrected chi connectivity index (χ4v) is 4.63. The summed E-state index contributed by atoms with van der Waals surface area (Å²) in [5.41, 5.74) is 2.70. The van der Waals surface area contributed by atoms with Crippen LogP contribution in [0.1, 0.15) is 30.0 Å². The molecule has 4 aromatic rings. The van der Waals surface area contributed by atoms with Gasteiger partial charge in [0.1, 0.15) is 29.4 Å². The van der Waals surface area contributed by atoms with E-state index in [2.05, 4.69) is 23.5 Å². The second kappa shape index (κ2) is 12.0. The Kier molecular flexibility index (Phi) is 8.01. The van der Waals surface area contributed by atoms with E-state index in [-0.39, 0.29) is 12.2 Å². The average Bonchev–Trinajstić information content (AvgIpc) is 2.98. The lowest BCUT2D eigenvalue weighted by molar-refractivity contribution is -0.122. The Balaban J connectivity index is 1.47. The van der Waals surface area contributed by atoms with Gasteiger partial charge in [0.2, 0.25) is 0 Å². The first-order valence-corrected chi connectivity index (χ1v) is 13.3. The highest BCUT2D eigenvalue weighted by Crippen LogP contribution is 2.31. The second-order valence-electron chi connectivity index (χ2n) is 9.57. The molecule has 1 fully saturated rings. The number of urea groups is 1. The van der Waals surface area contributed by atoms with Crippen LogP contribution >= 0.6 is 0 Å². The maximum absolute atomic E-state index is 13.5. The van der Waals surface area contributed by atoms with Crippen molar-refractivity contribution in [1.29, 1.82) is 0 Å². The number of carbonyl (C=O) groups excluding carboxylic acids is 3. The monoisotopic (exact) mass is 550 g/mol. The Bertz CT molecular complexity index is 1660. The zero-order valence-electron chi connectivity index (χ0n) is 23.1. The molecular formula is C33H30N2O6. The highest BCUT2D eigenvalue weighted by molar-refractivity contribution is 6.39. The number of hydrogen-bond acceptors (Lipinski definition) is 6. The number of carbonyl (C=O) groups is 3. The number of nitrogens with one attached hydrogen (secondary N) is 1. The number of imide groups is 2. The van der Waals surface area contributed by atoms with E-state index >= 15 is 0 Å². The zero-order chi connectivity index (χ0) is 28.9. The van der Waals surface area contributed by atoms with Crippen LogP contribution in [0.15, 0.2) is 84.4 Å². The maximum Gasteiger partial charge on any atom is 0.335 e. The van der Waals surface area contributed by atoms with Gasteiger partial charge in [-0.3, -0.25) is 14.9 Å². The minimum absolute atomic E-state index is 0.202. The van der Waals surface area contributed by atoms with E-state index in [9.17, 15) is 14.4 Å². The number of amides is 4. The number of hydrogen-bond donors (Lipinski definition) is 1. The normalized spacial score (nSPS) is 14.4. The third kappa shape index (κ3) is 5.77. The van der Waals surface area contributed by atoms with Crippen molar-refractivity contribution < 1.29 is 28.6 Å². The molecule has 0 aromatic heterocycles. The number of methoxy groups -OCH3 is 1. The van der Waals surface area contributed by atoms with Gasteiger partial charge in [0.25, 0.3) is 11.8 Å². The number of aryl methyl sites for hydroxylation is 1. The van der Waals surface area contributed by atoms with Crippen molar-refractivity contribution in [3.05, 3.63) is 101 Å². The van der Waals surface area contributed by atoms with E-state index in [1.54, 1.807) is 49.6 Å². The molecule has 1 aliphatic rings. The molecule has 1 aliphatic heterocycles. The molecule has 0 spiro atoms. The highest BCUT2D eigenvalue weighted by atomic mass is 16.5. The van der Waals surface area contributed by atoms with Gasteiger partial charge in [-0.25, -0.2) is 9.69 Å². The molecule has 4 amide bonds. The van der Waals surface area contributed by atoms with Crippen LogP contribution in [-0.2, 0) is 16.2 Å².